The Morgan fingerprint density at radius 2 is 1.90 bits per heavy atom. The van der Waals surface area contributed by atoms with Crippen molar-refractivity contribution in [1.29, 1.82) is 0 Å². The standard InChI is InChI=1S/C13H17N3O5/c17-9(8-6-14-12(21)16-10(8)18)15-7-13(11(19)20)4-2-1-3-5-13/h6H,1-5,7H2,(H,15,17)(H,19,20)(H2,14,16,18,21). The van der Waals surface area contributed by atoms with E-state index in [-0.39, 0.29) is 12.1 Å². The topological polar surface area (TPSA) is 132 Å². The molecule has 0 spiro atoms. The van der Waals surface area contributed by atoms with Crippen LogP contribution in [-0.4, -0.2) is 33.5 Å². The number of carboxylic acid groups (broad SMARTS) is 1. The van der Waals surface area contributed by atoms with E-state index in [1.54, 1.807) is 0 Å². The maximum Gasteiger partial charge on any atom is 0.325 e. The molecule has 2 rings (SSSR count). The highest BCUT2D eigenvalue weighted by Gasteiger charge is 2.39. The lowest BCUT2D eigenvalue weighted by Gasteiger charge is -2.33. The number of nitrogens with one attached hydrogen (secondary N) is 3. The number of carbonyl (C=O) groups excluding carboxylic acids is 1. The number of hydrogen-bond donors (Lipinski definition) is 4. The molecule has 1 aromatic heterocycles. The first-order valence-electron chi connectivity index (χ1n) is 6.78. The Morgan fingerprint density at radius 1 is 1.24 bits per heavy atom. The summed E-state index contributed by atoms with van der Waals surface area (Å²) in [5.74, 6) is -1.63. The summed E-state index contributed by atoms with van der Waals surface area (Å²) in [5.41, 5.74) is -2.72. The Hall–Kier alpha value is -2.38. The molecule has 1 saturated carbocycles. The summed E-state index contributed by atoms with van der Waals surface area (Å²) >= 11 is 0. The molecule has 0 unspecified atom stereocenters. The molecule has 8 heteroatoms. The van der Waals surface area contributed by atoms with Crippen LogP contribution in [0.15, 0.2) is 15.8 Å². The van der Waals surface area contributed by atoms with Gasteiger partial charge in [0.05, 0.1) is 5.41 Å². The lowest BCUT2D eigenvalue weighted by molar-refractivity contribution is -0.150. The van der Waals surface area contributed by atoms with Crippen LogP contribution in [-0.2, 0) is 4.79 Å². The van der Waals surface area contributed by atoms with Crippen LogP contribution in [0.2, 0.25) is 0 Å². The molecule has 4 N–H and O–H groups in total. The molecule has 0 aliphatic heterocycles. The molecule has 0 atom stereocenters. The van der Waals surface area contributed by atoms with Crippen LogP contribution in [0, 0.1) is 5.41 Å². The van der Waals surface area contributed by atoms with Crippen molar-refractivity contribution in [1.82, 2.24) is 15.3 Å². The maximum absolute atomic E-state index is 11.9. The molecular formula is C13H17N3O5. The van der Waals surface area contributed by atoms with Gasteiger partial charge in [0, 0.05) is 12.7 Å². The molecule has 1 aromatic rings. The number of hydrogen-bond acceptors (Lipinski definition) is 4. The van der Waals surface area contributed by atoms with E-state index in [0.717, 1.165) is 25.5 Å². The van der Waals surface area contributed by atoms with E-state index in [4.69, 9.17) is 0 Å². The van der Waals surface area contributed by atoms with Crippen LogP contribution >= 0.6 is 0 Å². The third kappa shape index (κ3) is 3.21. The van der Waals surface area contributed by atoms with Crippen LogP contribution in [0.5, 0.6) is 0 Å². The predicted octanol–water partition coefficient (Wildman–Crippen LogP) is -0.172. The second kappa shape index (κ2) is 5.94. The molecule has 0 bridgehead atoms. The normalized spacial score (nSPS) is 17.1. The van der Waals surface area contributed by atoms with Gasteiger partial charge >= 0.3 is 11.7 Å². The summed E-state index contributed by atoms with van der Waals surface area (Å²) < 4.78 is 0. The van der Waals surface area contributed by atoms with Crippen molar-refractivity contribution in [3.05, 3.63) is 32.6 Å². The second-order valence-electron chi connectivity index (χ2n) is 5.31. The van der Waals surface area contributed by atoms with E-state index >= 15 is 0 Å². The molecule has 8 nitrogen and oxygen atoms in total. The average Bonchev–Trinajstić information content (AvgIpc) is 2.45. The quantitative estimate of drug-likeness (QED) is 0.612. The molecule has 1 heterocycles. The van der Waals surface area contributed by atoms with E-state index in [1.165, 1.54) is 0 Å². The highest BCUT2D eigenvalue weighted by atomic mass is 16.4. The number of H-pyrrole nitrogens is 2. The number of carbonyl (C=O) groups is 2. The van der Waals surface area contributed by atoms with Crippen molar-refractivity contribution in [3.63, 3.8) is 0 Å². The molecule has 1 fully saturated rings. The van der Waals surface area contributed by atoms with Crippen molar-refractivity contribution < 1.29 is 14.7 Å². The van der Waals surface area contributed by atoms with Gasteiger partial charge < -0.3 is 15.4 Å². The van der Waals surface area contributed by atoms with Gasteiger partial charge in [-0.1, -0.05) is 19.3 Å². The molecule has 21 heavy (non-hydrogen) atoms. The zero-order chi connectivity index (χ0) is 15.5. The molecule has 1 aliphatic carbocycles. The minimum absolute atomic E-state index is 0.0280. The van der Waals surface area contributed by atoms with Gasteiger partial charge in [-0.25, -0.2) is 4.79 Å². The third-order valence-electron chi connectivity index (χ3n) is 3.92. The Kier molecular flexibility index (Phi) is 4.25. The van der Waals surface area contributed by atoms with Gasteiger partial charge in [-0.15, -0.1) is 0 Å². The van der Waals surface area contributed by atoms with Crippen molar-refractivity contribution >= 4 is 11.9 Å². The first-order chi connectivity index (χ1) is 9.94. The number of aromatic nitrogens is 2. The molecule has 114 valence electrons. The van der Waals surface area contributed by atoms with Gasteiger partial charge in [-0.2, -0.15) is 0 Å². The number of rotatable bonds is 4. The van der Waals surface area contributed by atoms with Gasteiger partial charge in [0.15, 0.2) is 0 Å². The van der Waals surface area contributed by atoms with Crippen LogP contribution in [0.4, 0.5) is 0 Å². The number of aromatic amines is 2. The predicted molar refractivity (Wildman–Crippen MR) is 73.2 cm³/mol. The third-order valence-corrected chi connectivity index (χ3v) is 3.92. The van der Waals surface area contributed by atoms with E-state index in [9.17, 15) is 24.3 Å². The van der Waals surface area contributed by atoms with E-state index < -0.39 is 28.5 Å². The van der Waals surface area contributed by atoms with Crippen molar-refractivity contribution in [2.24, 2.45) is 5.41 Å². The Balaban J connectivity index is 2.10. The van der Waals surface area contributed by atoms with E-state index in [1.807, 2.05) is 4.98 Å². The fourth-order valence-corrected chi connectivity index (χ4v) is 2.62. The van der Waals surface area contributed by atoms with Gasteiger partial charge in [0.2, 0.25) is 0 Å². The smallest absolute Gasteiger partial charge is 0.325 e. The minimum Gasteiger partial charge on any atom is -0.481 e. The summed E-state index contributed by atoms with van der Waals surface area (Å²) in [6.07, 6.45) is 4.63. The highest BCUT2D eigenvalue weighted by Crippen LogP contribution is 2.35. The summed E-state index contributed by atoms with van der Waals surface area (Å²) in [5, 5.41) is 11.9. The molecule has 0 saturated heterocycles. The lowest BCUT2D eigenvalue weighted by atomic mass is 9.74. The Labute approximate surface area is 119 Å². The molecular weight excluding hydrogens is 278 g/mol. The van der Waals surface area contributed by atoms with Crippen LogP contribution in [0.25, 0.3) is 0 Å². The number of aliphatic carboxylic acids is 1. The maximum atomic E-state index is 11.9. The Bertz CT molecular complexity index is 654. The van der Waals surface area contributed by atoms with Crippen molar-refractivity contribution in [2.75, 3.05) is 6.54 Å². The minimum atomic E-state index is -0.969. The first kappa shape index (κ1) is 15.0. The van der Waals surface area contributed by atoms with Crippen LogP contribution < -0.4 is 16.6 Å². The lowest BCUT2D eigenvalue weighted by Crippen LogP contribution is -2.45. The van der Waals surface area contributed by atoms with Crippen LogP contribution in [0.1, 0.15) is 42.5 Å². The summed E-state index contributed by atoms with van der Waals surface area (Å²) in [6, 6.07) is 0. The second-order valence-corrected chi connectivity index (χ2v) is 5.31. The highest BCUT2D eigenvalue weighted by molar-refractivity contribution is 5.93. The van der Waals surface area contributed by atoms with Crippen molar-refractivity contribution in [2.45, 2.75) is 32.1 Å². The van der Waals surface area contributed by atoms with Gasteiger partial charge in [0.1, 0.15) is 5.56 Å². The fraction of sp³-hybridized carbons (Fsp3) is 0.538. The number of amides is 1. The molecule has 1 amide bonds. The van der Waals surface area contributed by atoms with Gasteiger partial charge in [0.25, 0.3) is 11.5 Å². The first-order valence-corrected chi connectivity index (χ1v) is 6.78. The monoisotopic (exact) mass is 295 g/mol. The fourth-order valence-electron chi connectivity index (χ4n) is 2.62. The van der Waals surface area contributed by atoms with Crippen molar-refractivity contribution in [3.8, 4) is 0 Å². The SMILES string of the molecule is O=C(NCC1(C(=O)O)CCCCC1)c1c[nH]c(=O)[nH]c1=O. The van der Waals surface area contributed by atoms with E-state index in [2.05, 4.69) is 10.3 Å². The summed E-state index contributed by atoms with van der Waals surface area (Å²) in [6.45, 7) is -0.0280. The largest absolute Gasteiger partial charge is 0.481 e. The zero-order valence-corrected chi connectivity index (χ0v) is 11.4. The number of carboxylic acids is 1. The molecule has 0 aromatic carbocycles. The van der Waals surface area contributed by atoms with Gasteiger partial charge in [-0.3, -0.25) is 19.4 Å². The molecule has 0 radical (unpaired) electrons. The summed E-state index contributed by atoms with van der Waals surface area (Å²) in [7, 11) is 0. The average molecular weight is 295 g/mol. The Morgan fingerprint density at radius 3 is 2.48 bits per heavy atom. The van der Waals surface area contributed by atoms with E-state index in [0.29, 0.717) is 12.8 Å². The molecule has 1 aliphatic rings. The zero-order valence-electron chi connectivity index (χ0n) is 11.4. The van der Waals surface area contributed by atoms with Crippen LogP contribution in [0.3, 0.4) is 0 Å². The van der Waals surface area contributed by atoms with Gasteiger partial charge in [-0.05, 0) is 12.8 Å². The summed E-state index contributed by atoms with van der Waals surface area (Å²) in [4.78, 5) is 49.9.